The second-order valence-corrected chi connectivity index (χ2v) is 5.02. The third-order valence-electron chi connectivity index (χ3n) is 3.27. The zero-order valence-electron chi connectivity index (χ0n) is 11.6. The van der Waals surface area contributed by atoms with Gasteiger partial charge in [0.25, 0.3) is 0 Å². The minimum atomic E-state index is 0.435. The maximum Gasteiger partial charge on any atom is 0.146 e. The largest absolute Gasteiger partial charge is 0.484 e. The van der Waals surface area contributed by atoms with Crippen molar-refractivity contribution in [3.8, 4) is 5.75 Å². The van der Waals surface area contributed by atoms with Crippen molar-refractivity contribution in [3.05, 3.63) is 47.5 Å². The Morgan fingerprint density at radius 3 is 2.85 bits per heavy atom. The molecule has 0 spiro atoms. The van der Waals surface area contributed by atoms with Crippen LogP contribution >= 0.6 is 0 Å². The lowest BCUT2D eigenvalue weighted by Gasteiger charge is -2.21. The number of nitrogens with zero attached hydrogens (tertiary/aromatic N) is 1. The van der Waals surface area contributed by atoms with E-state index in [1.54, 1.807) is 0 Å². The van der Waals surface area contributed by atoms with Crippen LogP contribution in [-0.4, -0.2) is 12.4 Å². The van der Waals surface area contributed by atoms with Gasteiger partial charge in [0.1, 0.15) is 18.2 Å². The van der Waals surface area contributed by atoms with Gasteiger partial charge < -0.3 is 15.8 Å². The number of hydrogen-bond acceptors (Lipinski definition) is 3. The van der Waals surface area contributed by atoms with Gasteiger partial charge in [-0.3, -0.25) is 0 Å². The Bertz CT molecular complexity index is 692. The summed E-state index contributed by atoms with van der Waals surface area (Å²) < 4.78 is 5.68. The van der Waals surface area contributed by atoms with Crippen LogP contribution in [0.4, 0.5) is 17.1 Å². The summed E-state index contributed by atoms with van der Waals surface area (Å²) >= 11 is 0. The lowest BCUT2D eigenvalue weighted by Crippen LogP contribution is -2.25. The van der Waals surface area contributed by atoms with Gasteiger partial charge in [0.2, 0.25) is 0 Å². The molecule has 3 rings (SSSR count). The molecule has 0 radical (unpaired) electrons. The summed E-state index contributed by atoms with van der Waals surface area (Å²) in [6, 6.07) is 11.8. The van der Waals surface area contributed by atoms with Crippen LogP contribution < -0.4 is 15.8 Å². The Balaban J connectivity index is 1.93. The number of nitrogen functional groups attached to an aromatic ring is 1. The Labute approximate surface area is 118 Å². The number of aryl methyl sites for hydroxylation is 2. The van der Waals surface area contributed by atoms with Gasteiger partial charge in [-0.1, -0.05) is 12.1 Å². The van der Waals surface area contributed by atoms with Gasteiger partial charge in [0.15, 0.2) is 0 Å². The van der Waals surface area contributed by atoms with Gasteiger partial charge in [-0.15, -0.1) is 0 Å². The average Bonchev–Trinajstić information content (AvgIpc) is 2.42. The van der Waals surface area contributed by atoms with E-state index in [4.69, 9.17) is 10.5 Å². The molecule has 1 heterocycles. The van der Waals surface area contributed by atoms with E-state index in [1.165, 1.54) is 5.56 Å². The number of hydrogen-bond donors (Lipinski definition) is 2. The monoisotopic (exact) mass is 267 g/mol. The molecule has 2 aromatic carbocycles. The number of amidine groups is 1. The first-order chi connectivity index (χ1) is 9.61. The molecule has 3 N–H and O–H groups in total. The van der Waals surface area contributed by atoms with Crippen molar-refractivity contribution in [1.29, 1.82) is 0 Å². The second-order valence-electron chi connectivity index (χ2n) is 5.02. The molecule has 4 heteroatoms. The van der Waals surface area contributed by atoms with Crippen molar-refractivity contribution in [1.82, 2.24) is 0 Å². The fourth-order valence-corrected chi connectivity index (χ4v) is 2.15. The Kier molecular flexibility index (Phi) is 3.06. The third kappa shape index (κ3) is 2.45. The van der Waals surface area contributed by atoms with E-state index in [1.807, 2.05) is 18.2 Å². The Hall–Kier alpha value is -2.49. The highest BCUT2D eigenvalue weighted by Gasteiger charge is 2.14. The van der Waals surface area contributed by atoms with Crippen LogP contribution in [-0.2, 0) is 0 Å². The summed E-state index contributed by atoms with van der Waals surface area (Å²) in [5.41, 5.74) is 10.6. The first kappa shape index (κ1) is 12.5. The number of rotatable bonds is 1. The van der Waals surface area contributed by atoms with Crippen molar-refractivity contribution in [3.63, 3.8) is 0 Å². The smallest absolute Gasteiger partial charge is 0.146 e. The maximum absolute atomic E-state index is 5.79. The molecule has 0 saturated heterocycles. The van der Waals surface area contributed by atoms with E-state index in [0.29, 0.717) is 12.3 Å². The van der Waals surface area contributed by atoms with E-state index in [2.05, 4.69) is 42.4 Å². The quantitative estimate of drug-likeness (QED) is 0.778. The minimum Gasteiger partial charge on any atom is -0.484 e. The summed E-state index contributed by atoms with van der Waals surface area (Å²) in [4.78, 5) is 4.65. The molecule has 0 bridgehead atoms. The number of nitrogens with one attached hydrogen (secondary N) is 1. The molecular weight excluding hydrogens is 250 g/mol. The van der Waals surface area contributed by atoms with Crippen molar-refractivity contribution < 1.29 is 4.74 Å². The van der Waals surface area contributed by atoms with Gasteiger partial charge in [-0.2, -0.15) is 0 Å². The van der Waals surface area contributed by atoms with Gasteiger partial charge >= 0.3 is 0 Å². The van der Waals surface area contributed by atoms with Crippen LogP contribution in [0, 0.1) is 13.8 Å². The zero-order chi connectivity index (χ0) is 14.1. The van der Waals surface area contributed by atoms with Gasteiger partial charge in [0, 0.05) is 5.69 Å². The topological polar surface area (TPSA) is 59.6 Å². The SMILES string of the molecule is Cc1ccc(C)c(N=C2COc3ccc(N)cc3N2)c1. The molecule has 20 heavy (non-hydrogen) atoms. The molecule has 0 atom stereocenters. The number of benzene rings is 2. The highest BCUT2D eigenvalue weighted by Crippen LogP contribution is 2.30. The molecule has 0 aromatic heterocycles. The number of aliphatic imine (C=N–C) groups is 1. The highest BCUT2D eigenvalue weighted by molar-refractivity contribution is 6.01. The Morgan fingerprint density at radius 1 is 1.15 bits per heavy atom. The minimum absolute atomic E-state index is 0.435. The maximum atomic E-state index is 5.79. The molecule has 102 valence electrons. The van der Waals surface area contributed by atoms with Crippen LogP contribution in [0.3, 0.4) is 0 Å². The van der Waals surface area contributed by atoms with Crippen LogP contribution in [0.2, 0.25) is 0 Å². The van der Waals surface area contributed by atoms with E-state index < -0.39 is 0 Å². The van der Waals surface area contributed by atoms with Crippen LogP contribution in [0.5, 0.6) is 5.75 Å². The third-order valence-corrected chi connectivity index (χ3v) is 3.27. The molecular formula is C16H17N3O. The van der Waals surface area contributed by atoms with E-state index >= 15 is 0 Å². The van der Waals surface area contributed by atoms with E-state index in [-0.39, 0.29) is 0 Å². The molecule has 0 saturated carbocycles. The second kappa shape index (κ2) is 4.89. The number of anilines is 2. The fraction of sp³-hybridized carbons (Fsp3) is 0.188. The average molecular weight is 267 g/mol. The summed E-state index contributed by atoms with van der Waals surface area (Å²) in [5.74, 6) is 1.59. The van der Waals surface area contributed by atoms with Crippen molar-refractivity contribution in [2.24, 2.45) is 4.99 Å². The number of ether oxygens (including phenoxy) is 1. The first-order valence-corrected chi connectivity index (χ1v) is 6.56. The van der Waals surface area contributed by atoms with Crippen LogP contribution in [0.1, 0.15) is 11.1 Å². The normalized spacial score (nSPS) is 15.4. The lowest BCUT2D eigenvalue weighted by molar-refractivity contribution is 0.372. The molecule has 1 aliphatic heterocycles. The van der Waals surface area contributed by atoms with E-state index in [9.17, 15) is 0 Å². The molecule has 0 aliphatic carbocycles. The standard InChI is InChI=1S/C16H17N3O/c1-10-3-4-11(2)13(7-10)18-16-9-20-15-6-5-12(17)8-14(15)19-16/h3-8H,9,17H2,1-2H3,(H,18,19). The van der Waals surface area contributed by atoms with Crippen molar-refractivity contribution in [2.45, 2.75) is 13.8 Å². The lowest BCUT2D eigenvalue weighted by atomic mass is 10.1. The van der Waals surface area contributed by atoms with E-state index in [0.717, 1.165) is 28.5 Å². The Morgan fingerprint density at radius 2 is 2.00 bits per heavy atom. The van der Waals surface area contributed by atoms with Gasteiger partial charge in [0.05, 0.1) is 11.4 Å². The molecule has 0 amide bonds. The predicted octanol–water partition coefficient (Wildman–Crippen LogP) is 3.42. The molecule has 0 unspecified atom stereocenters. The predicted molar refractivity (Wildman–Crippen MR) is 83.0 cm³/mol. The molecule has 0 fully saturated rings. The fourth-order valence-electron chi connectivity index (χ4n) is 2.15. The van der Waals surface area contributed by atoms with Crippen molar-refractivity contribution >= 4 is 22.9 Å². The number of fused-ring (bicyclic) bond motifs is 1. The van der Waals surface area contributed by atoms with Crippen LogP contribution in [0.25, 0.3) is 0 Å². The summed E-state index contributed by atoms with van der Waals surface area (Å²) in [7, 11) is 0. The molecule has 1 aliphatic rings. The van der Waals surface area contributed by atoms with Crippen molar-refractivity contribution in [2.75, 3.05) is 17.7 Å². The van der Waals surface area contributed by atoms with Gasteiger partial charge in [-0.05, 0) is 49.2 Å². The molecule has 4 nitrogen and oxygen atoms in total. The number of nitrogens with two attached hydrogens (primary N) is 1. The summed E-state index contributed by atoms with van der Waals surface area (Å²) in [6.07, 6.45) is 0. The van der Waals surface area contributed by atoms with Gasteiger partial charge in [-0.25, -0.2) is 4.99 Å². The summed E-state index contributed by atoms with van der Waals surface area (Å²) in [5, 5.41) is 3.28. The highest BCUT2D eigenvalue weighted by atomic mass is 16.5. The van der Waals surface area contributed by atoms with Crippen LogP contribution in [0.15, 0.2) is 41.4 Å². The first-order valence-electron chi connectivity index (χ1n) is 6.56. The molecule has 2 aromatic rings. The summed E-state index contributed by atoms with van der Waals surface area (Å²) in [6.45, 7) is 4.54. The zero-order valence-corrected chi connectivity index (χ0v) is 11.6.